The van der Waals surface area contributed by atoms with Crippen LogP contribution in [0.1, 0.15) is 21.5 Å². The van der Waals surface area contributed by atoms with Crippen LogP contribution in [0.4, 0.5) is 0 Å². The third kappa shape index (κ3) is 4.05. The van der Waals surface area contributed by atoms with Crippen LogP contribution in [0.15, 0.2) is 28.6 Å². The summed E-state index contributed by atoms with van der Waals surface area (Å²) in [6.07, 6.45) is 0. The number of aryl methyl sites for hydroxylation is 1. The Balaban J connectivity index is 3.21. The fraction of sp³-hybridized carbons (Fsp3) is 0.250. The number of esters is 1. The van der Waals surface area contributed by atoms with Crippen LogP contribution in [0, 0.1) is 13.8 Å². The van der Waals surface area contributed by atoms with E-state index in [9.17, 15) is 13.2 Å². The summed E-state index contributed by atoms with van der Waals surface area (Å²) >= 11 is 5.48. The highest BCUT2D eigenvalue weighted by molar-refractivity contribution is 7.89. The fourth-order valence-corrected chi connectivity index (χ4v) is 2.40. The lowest BCUT2D eigenvalue weighted by Crippen LogP contribution is -2.16. The molecule has 5 nitrogen and oxygen atoms in total. The van der Waals surface area contributed by atoms with Gasteiger partial charge in [-0.3, -0.25) is 0 Å². The molecule has 104 valence electrons. The summed E-state index contributed by atoms with van der Waals surface area (Å²) < 4.78 is 27.7. The van der Waals surface area contributed by atoms with Crippen molar-refractivity contribution in [2.45, 2.75) is 18.7 Å². The number of hydrogen-bond donors (Lipinski definition) is 1. The number of halogens is 1. The third-order valence-corrected chi connectivity index (χ3v) is 3.67. The lowest BCUT2D eigenvalue weighted by atomic mass is 10.1. The van der Waals surface area contributed by atoms with Crippen molar-refractivity contribution in [1.82, 2.24) is 0 Å². The average Bonchev–Trinajstić information content (AvgIpc) is 2.27. The highest BCUT2D eigenvalue weighted by atomic mass is 35.5. The molecule has 0 radical (unpaired) electrons. The predicted octanol–water partition coefficient (Wildman–Crippen LogP) is 1.86. The number of carbonyl (C=O) groups is 1. The molecule has 7 heteroatoms. The summed E-state index contributed by atoms with van der Waals surface area (Å²) in [7, 11) is -3.89. The van der Waals surface area contributed by atoms with E-state index < -0.39 is 16.0 Å². The molecule has 0 bridgehead atoms. The minimum absolute atomic E-state index is 0.0934. The van der Waals surface area contributed by atoms with Gasteiger partial charge in [0.2, 0.25) is 10.0 Å². The summed E-state index contributed by atoms with van der Waals surface area (Å²) in [5, 5.41) is 5.27. The molecular weight excluding hydrogens is 290 g/mol. The molecule has 0 amide bonds. The Kier molecular flexibility index (Phi) is 4.73. The number of hydrogen-bond acceptors (Lipinski definition) is 4. The van der Waals surface area contributed by atoms with Crippen LogP contribution in [-0.4, -0.2) is 21.0 Å². The first-order valence-corrected chi connectivity index (χ1v) is 7.20. The van der Waals surface area contributed by atoms with Crippen molar-refractivity contribution in [3.8, 4) is 0 Å². The van der Waals surface area contributed by atoms with E-state index in [-0.39, 0.29) is 22.1 Å². The summed E-state index contributed by atoms with van der Waals surface area (Å²) in [6, 6.07) is 2.72. The minimum Gasteiger partial charge on any atom is -0.456 e. The molecule has 0 saturated heterocycles. The quantitative estimate of drug-likeness (QED) is 0.860. The molecule has 1 aromatic rings. The number of rotatable bonds is 4. The number of carbonyl (C=O) groups excluding carboxylic acids is 1. The van der Waals surface area contributed by atoms with E-state index in [1.165, 1.54) is 12.1 Å². The van der Waals surface area contributed by atoms with E-state index in [2.05, 4.69) is 6.58 Å². The van der Waals surface area contributed by atoms with E-state index in [1.54, 1.807) is 13.8 Å². The summed E-state index contributed by atoms with van der Waals surface area (Å²) in [6.45, 7) is 6.54. The Morgan fingerprint density at radius 3 is 2.47 bits per heavy atom. The van der Waals surface area contributed by atoms with Crippen LogP contribution in [0.2, 0.25) is 0 Å². The van der Waals surface area contributed by atoms with Crippen molar-refractivity contribution >= 4 is 27.6 Å². The van der Waals surface area contributed by atoms with Gasteiger partial charge in [-0.15, -0.1) is 0 Å². The van der Waals surface area contributed by atoms with Crippen LogP contribution in [0.3, 0.4) is 0 Å². The van der Waals surface area contributed by atoms with E-state index in [1.807, 2.05) is 0 Å². The zero-order valence-corrected chi connectivity index (χ0v) is 12.1. The third-order valence-electron chi connectivity index (χ3n) is 2.52. The molecule has 0 heterocycles. The zero-order chi connectivity index (χ0) is 14.8. The molecule has 0 aliphatic heterocycles. The molecule has 2 N–H and O–H groups in total. The second kappa shape index (κ2) is 5.73. The maximum atomic E-state index is 11.7. The summed E-state index contributed by atoms with van der Waals surface area (Å²) in [4.78, 5) is 11.6. The number of nitrogens with two attached hydrogens (primary N) is 1. The van der Waals surface area contributed by atoms with Gasteiger partial charge >= 0.3 is 5.97 Å². The topological polar surface area (TPSA) is 86.5 Å². The molecule has 0 unspecified atom stereocenters. The molecule has 1 aromatic carbocycles. The fourth-order valence-electron chi connectivity index (χ4n) is 1.47. The smallest absolute Gasteiger partial charge is 0.338 e. The average molecular weight is 304 g/mol. The van der Waals surface area contributed by atoms with Gasteiger partial charge in [0.1, 0.15) is 6.61 Å². The monoisotopic (exact) mass is 303 g/mol. The molecule has 0 atom stereocenters. The molecule has 0 aromatic heterocycles. The first-order chi connectivity index (χ1) is 8.62. The SMILES string of the molecule is C=C(Cl)COC(=O)c1cc(C)c(C)c(S(N)(=O)=O)c1. The Morgan fingerprint density at radius 2 is 2.00 bits per heavy atom. The molecule has 0 aliphatic rings. The van der Waals surface area contributed by atoms with Crippen LogP contribution < -0.4 is 5.14 Å². The van der Waals surface area contributed by atoms with E-state index in [0.29, 0.717) is 11.1 Å². The number of primary sulfonamides is 1. The van der Waals surface area contributed by atoms with Gasteiger partial charge < -0.3 is 4.74 Å². The number of benzene rings is 1. The van der Waals surface area contributed by atoms with Gasteiger partial charge in [0.15, 0.2) is 0 Å². The van der Waals surface area contributed by atoms with Gasteiger partial charge in [-0.2, -0.15) is 0 Å². The normalized spacial score (nSPS) is 11.2. The first kappa shape index (κ1) is 15.7. The molecule has 1 rings (SSSR count). The van der Waals surface area contributed by atoms with Crippen molar-refractivity contribution in [1.29, 1.82) is 0 Å². The maximum absolute atomic E-state index is 11.7. The van der Waals surface area contributed by atoms with Crippen LogP contribution in [0.25, 0.3) is 0 Å². The highest BCUT2D eigenvalue weighted by Crippen LogP contribution is 2.20. The standard InChI is InChI=1S/C12H14ClNO4S/c1-7-4-10(12(15)18-6-8(2)13)5-11(9(7)3)19(14,16)17/h4-5H,2,6H2,1,3H3,(H2,14,16,17). The van der Waals surface area contributed by atoms with Gasteiger partial charge in [0, 0.05) is 5.03 Å². The molecule has 19 heavy (non-hydrogen) atoms. The second-order valence-corrected chi connectivity index (χ2v) is 6.12. The zero-order valence-electron chi connectivity index (χ0n) is 10.6. The first-order valence-electron chi connectivity index (χ1n) is 5.27. The lowest BCUT2D eigenvalue weighted by molar-refractivity contribution is 0.0545. The number of ether oxygens (including phenoxy) is 1. The number of sulfonamides is 1. The predicted molar refractivity (Wildman–Crippen MR) is 72.6 cm³/mol. The van der Waals surface area contributed by atoms with Gasteiger partial charge in [-0.05, 0) is 37.1 Å². The van der Waals surface area contributed by atoms with Gasteiger partial charge in [0.05, 0.1) is 10.5 Å². The largest absolute Gasteiger partial charge is 0.456 e. The van der Waals surface area contributed by atoms with Crippen molar-refractivity contribution < 1.29 is 17.9 Å². The van der Waals surface area contributed by atoms with Crippen LogP contribution >= 0.6 is 11.6 Å². The molecular formula is C12H14ClNO4S. The van der Waals surface area contributed by atoms with Crippen LogP contribution in [0.5, 0.6) is 0 Å². The Bertz CT molecular complexity index is 637. The van der Waals surface area contributed by atoms with Crippen molar-refractivity contribution in [2.24, 2.45) is 5.14 Å². The lowest BCUT2D eigenvalue weighted by Gasteiger charge is -2.10. The summed E-state index contributed by atoms with van der Waals surface area (Å²) in [5.41, 5.74) is 1.23. The van der Waals surface area contributed by atoms with Gasteiger partial charge in [-0.25, -0.2) is 18.4 Å². The van der Waals surface area contributed by atoms with Crippen molar-refractivity contribution in [3.63, 3.8) is 0 Å². The molecule has 0 saturated carbocycles. The summed E-state index contributed by atoms with van der Waals surface area (Å²) in [5.74, 6) is -0.685. The molecule has 0 fully saturated rings. The Morgan fingerprint density at radius 1 is 1.42 bits per heavy atom. The Labute approximate surface area is 117 Å². The van der Waals surface area contributed by atoms with Crippen LogP contribution in [-0.2, 0) is 14.8 Å². The van der Waals surface area contributed by atoms with E-state index in [4.69, 9.17) is 21.5 Å². The molecule has 0 aliphatic carbocycles. The maximum Gasteiger partial charge on any atom is 0.338 e. The minimum atomic E-state index is -3.89. The second-order valence-electron chi connectivity index (χ2n) is 4.05. The van der Waals surface area contributed by atoms with Gasteiger partial charge in [-0.1, -0.05) is 18.2 Å². The highest BCUT2D eigenvalue weighted by Gasteiger charge is 2.18. The van der Waals surface area contributed by atoms with Gasteiger partial charge in [0.25, 0.3) is 0 Å². The van der Waals surface area contributed by atoms with Crippen molar-refractivity contribution in [3.05, 3.63) is 40.4 Å². The Hall–Kier alpha value is -1.37. The van der Waals surface area contributed by atoms with Crippen molar-refractivity contribution in [2.75, 3.05) is 6.61 Å². The van der Waals surface area contributed by atoms with E-state index in [0.717, 1.165) is 0 Å². The molecule has 0 spiro atoms. The van der Waals surface area contributed by atoms with E-state index >= 15 is 0 Å².